The molecule has 0 saturated heterocycles. The lowest BCUT2D eigenvalue weighted by Crippen LogP contribution is -2.29. The summed E-state index contributed by atoms with van der Waals surface area (Å²) in [7, 11) is 0. The molecule has 1 fully saturated rings. The van der Waals surface area contributed by atoms with Crippen LogP contribution in [0.3, 0.4) is 0 Å². The van der Waals surface area contributed by atoms with Gasteiger partial charge in [-0.15, -0.1) is 0 Å². The fourth-order valence-corrected chi connectivity index (χ4v) is 3.55. The first-order valence-electron chi connectivity index (χ1n) is 8.37. The summed E-state index contributed by atoms with van der Waals surface area (Å²) in [5.74, 6) is 0.418. The minimum atomic E-state index is -0.219. The number of allylic oxidation sites excluding steroid dienone is 2. The second-order valence-electron chi connectivity index (χ2n) is 7.68. The first kappa shape index (κ1) is 16.6. The van der Waals surface area contributed by atoms with E-state index in [1.807, 2.05) is 25.1 Å². The summed E-state index contributed by atoms with van der Waals surface area (Å²) in [6.07, 6.45) is 2.20. The number of aromatic amines is 2. The van der Waals surface area contributed by atoms with Crippen LogP contribution in [0.1, 0.15) is 46.2 Å². The van der Waals surface area contributed by atoms with Gasteiger partial charge < -0.3 is 15.3 Å². The van der Waals surface area contributed by atoms with Crippen LogP contribution < -0.4 is 11.0 Å². The molecule has 0 radical (unpaired) electrons. The maximum Gasteiger partial charge on any atom is 0.323 e. The van der Waals surface area contributed by atoms with Crippen molar-refractivity contribution in [2.45, 2.75) is 40.7 Å². The Kier molecular flexibility index (Phi) is 3.90. The molecule has 1 aliphatic carbocycles. The molecule has 2 aromatic rings. The molecule has 3 atom stereocenters. The molecule has 0 spiro atoms. The van der Waals surface area contributed by atoms with E-state index in [1.54, 1.807) is 0 Å². The van der Waals surface area contributed by atoms with Crippen molar-refractivity contribution in [2.24, 2.45) is 17.3 Å². The lowest BCUT2D eigenvalue weighted by atomic mass is 10.1. The molecule has 5 nitrogen and oxygen atoms in total. The standard InChI is InChI=1S/C19H25N3O2/c1-10(2)8-13-16(19(13,4)5)17(23)20-11(3)12-6-7-14-15(9-12)22-18(24)21-14/h6-9,11,13,16H,1-5H3,(H,20,23)(H2,21,22,24)/t11-,13-,16+/m1/s1. The number of carbonyl (C=O) groups excluding carboxylic acids is 1. The third-order valence-electron chi connectivity index (χ3n) is 5.10. The molecule has 1 saturated carbocycles. The van der Waals surface area contributed by atoms with Crippen LogP contribution in [0.5, 0.6) is 0 Å². The number of amides is 1. The molecule has 3 rings (SSSR count). The number of benzene rings is 1. The number of imidazole rings is 1. The van der Waals surface area contributed by atoms with Crippen LogP contribution in [0.4, 0.5) is 0 Å². The van der Waals surface area contributed by atoms with Crippen molar-refractivity contribution in [1.82, 2.24) is 15.3 Å². The predicted molar refractivity (Wildman–Crippen MR) is 95.7 cm³/mol. The van der Waals surface area contributed by atoms with Gasteiger partial charge in [0.05, 0.1) is 23.0 Å². The van der Waals surface area contributed by atoms with Crippen molar-refractivity contribution in [2.75, 3.05) is 0 Å². The summed E-state index contributed by atoms with van der Waals surface area (Å²) in [6.45, 7) is 10.4. The van der Waals surface area contributed by atoms with Gasteiger partial charge in [-0.05, 0) is 49.8 Å². The first-order valence-corrected chi connectivity index (χ1v) is 8.37. The zero-order chi connectivity index (χ0) is 17.6. The lowest BCUT2D eigenvalue weighted by molar-refractivity contribution is -0.123. The highest BCUT2D eigenvalue weighted by Gasteiger charge is 2.60. The fraction of sp³-hybridized carbons (Fsp3) is 0.474. The van der Waals surface area contributed by atoms with E-state index in [0.29, 0.717) is 5.92 Å². The van der Waals surface area contributed by atoms with Gasteiger partial charge in [-0.2, -0.15) is 0 Å². The lowest BCUT2D eigenvalue weighted by Gasteiger charge is -2.15. The minimum Gasteiger partial charge on any atom is -0.349 e. The van der Waals surface area contributed by atoms with E-state index in [4.69, 9.17) is 0 Å². The van der Waals surface area contributed by atoms with Crippen molar-refractivity contribution in [3.05, 3.63) is 45.9 Å². The molecule has 128 valence electrons. The molecule has 0 aliphatic heterocycles. The minimum absolute atomic E-state index is 0.0108. The summed E-state index contributed by atoms with van der Waals surface area (Å²) in [5.41, 5.74) is 3.54. The number of rotatable bonds is 4. The molecule has 3 N–H and O–H groups in total. The Hall–Kier alpha value is -2.30. The zero-order valence-electron chi connectivity index (χ0n) is 14.9. The van der Waals surface area contributed by atoms with Crippen LogP contribution in [-0.4, -0.2) is 15.9 Å². The number of hydrogen-bond acceptors (Lipinski definition) is 2. The van der Waals surface area contributed by atoms with Crippen molar-refractivity contribution in [3.63, 3.8) is 0 Å². The Bertz CT molecular complexity index is 868. The van der Waals surface area contributed by atoms with E-state index in [0.717, 1.165) is 16.6 Å². The number of aromatic nitrogens is 2. The Morgan fingerprint density at radius 3 is 2.58 bits per heavy atom. The molecule has 0 unspecified atom stereocenters. The van der Waals surface area contributed by atoms with E-state index in [9.17, 15) is 9.59 Å². The highest BCUT2D eigenvalue weighted by atomic mass is 16.2. The Labute approximate surface area is 141 Å². The van der Waals surface area contributed by atoms with Gasteiger partial charge in [-0.25, -0.2) is 4.79 Å². The van der Waals surface area contributed by atoms with Gasteiger partial charge in [-0.3, -0.25) is 4.79 Å². The molecule has 5 heteroatoms. The second kappa shape index (κ2) is 5.65. The topological polar surface area (TPSA) is 77.8 Å². The molecule has 1 heterocycles. The number of hydrogen-bond donors (Lipinski definition) is 3. The third kappa shape index (κ3) is 2.90. The van der Waals surface area contributed by atoms with Crippen molar-refractivity contribution < 1.29 is 4.79 Å². The highest BCUT2D eigenvalue weighted by Crippen LogP contribution is 2.59. The Morgan fingerprint density at radius 1 is 1.25 bits per heavy atom. The molecule has 1 aromatic heterocycles. The summed E-state index contributed by atoms with van der Waals surface area (Å²) in [4.78, 5) is 29.5. The van der Waals surface area contributed by atoms with Crippen LogP contribution >= 0.6 is 0 Å². The second-order valence-corrected chi connectivity index (χ2v) is 7.68. The number of carbonyl (C=O) groups is 1. The Morgan fingerprint density at radius 2 is 1.92 bits per heavy atom. The molecule has 0 bridgehead atoms. The summed E-state index contributed by atoms with van der Waals surface area (Å²) in [5, 5.41) is 3.12. The van der Waals surface area contributed by atoms with E-state index >= 15 is 0 Å². The summed E-state index contributed by atoms with van der Waals surface area (Å²) in [6, 6.07) is 5.59. The quantitative estimate of drug-likeness (QED) is 0.754. The van der Waals surface area contributed by atoms with Gasteiger partial charge in [0.2, 0.25) is 5.91 Å². The van der Waals surface area contributed by atoms with Crippen LogP contribution in [0.25, 0.3) is 11.0 Å². The highest BCUT2D eigenvalue weighted by molar-refractivity contribution is 5.84. The van der Waals surface area contributed by atoms with E-state index in [2.05, 4.69) is 49.1 Å². The number of H-pyrrole nitrogens is 2. The SMILES string of the molecule is CC(C)=C[C@@H]1[C@@H](C(=O)N[C@H](C)c2ccc3[nH]c(=O)[nH]c3c2)C1(C)C. The van der Waals surface area contributed by atoms with E-state index < -0.39 is 0 Å². The molecule has 1 amide bonds. The van der Waals surface area contributed by atoms with Gasteiger partial charge in [0.15, 0.2) is 0 Å². The predicted octanol–water partition coefficient (Wildman–Crippen LogP) is 3.27. The average Bonchev–Trinajstić information content (AvgIpc) is 2.83. The number of fused-ring (bicyclic) bond motifs is 1. The van der Waals surface area contributed by atoms with Crippen molar-refractivity contribution in [1.29, 1.82) is 0 Å². The zero-order valence-corrected chi connectivity index (χ0v) is 14.9. The summed E-state index contributed by atoms with van der Waals surface area (Å²) >= 11 is 0. The summed E-state index contributed by atoms with van der Waals surface area (Å²) < 4.78 is 0. The average molecular weight is 327 g/mol. The largest absolute Gasteiger partial charge is 0.349 e. The smallest absolute Gasteiger partial charge is 0.323 e. The number of nitrogens with one attached hydrogen (secondary N) is 3. The van der Waals surface area contributed by atoms with Gasteiger partial charge in [0.25, 0.3) is 0 Å². The van der Waals surface area contributed by atoms with Crippen molar-refractivity contribution in [3.8, 4) is 0 Å². The molecular weight excluding hydrogens is 302 g/mol. The van der Waals surface area contributed by atoms with Crippen LogP contribution in [-0.2, 0) is 4.79 Å². The van der Waals surface area contributed by atoms with Gasteiger partial charge in [-0.1, -0.05) is 31.6 Å². The molecule has 1 aliphatic rings. The van der Waals surface area contributed by atoms with Crippen LogP contribution in [0, 0.1) is 17.3 Å². The monoisotopic (exact) mass is 327 g/mol. The van der Waals surface area contributed by atoms with Gasteiger partial charge in [0.1, 0.15) is 0 Å². The molecular formula is C19H25N3O2. The maximum absolute atomic E-state index is 12.7. The first-order chi connectivity index (χ1) is 11.2. The third-order valence-corrected chi connectivity index (χ3v) is 5.10. The fourth-order valence-electron chi connectivity index (χ4n) is 3.55. The van der Waals surface area contributed by atoms with Crippen molar-refractivity contribution >= 4 is 16.9 Å². The maximum atomic E-state index is 12.7. The van der Waals surface area contributed by atoms with E-state index in [1.165, 1.54) is 5.57 Å². The van der Waals surface area contributed by atoms with Crippen LogP contribution in [0.2, 0.25) is 0 Å². The molecule has 1 aromatic carbocycles. The van der Waals surface area contributed by atoms with Crippen LogP contribution in [0.15, 0.2) is 34.6 Å². The normalized spacial score (nSPS) is 22.9. The van der Waals surface area contributed by atoms with Gasteiger partial charge in [0, 0.05) is 0 Å². The Balaban J connectivity index is 1.74. The van der Waals surface area contributed by atoms with E-state index in [-0.39, 0.29) is 29.0 Å². The van der Waals surface area contributed by atoms with Gasteiger partial charge >= 0.3 is 5.69 Å². The molecule has 24 heavy (non-hydrogen) atoms.